The van der Waals surface area contributed by atoms with Crippen LogP contribution in [0.2, 0.25) is 0 Å². The van der Waals surface area contributed by atoms with Crippen LogP contribution in [0.25, 0.3) is 0 Å². The van der Waals surface area contributed by atoms with Crippen LogP contribution in [0.15, 0.2) is 23.1 Å². The lowest BCUT2D eigenvalue weighted by Crippen LogP contribution is -2.08. The summed E-state index contributed by atoms with van der Waals surface area (Å²) in [6.45, 7) is 8.69. The predicted molar refractivity (Wildman–Crippen MR) is 129 cm³/mol. The van der Waals surface area contributed by atoms with Crippen molar-refractivity contribution in [3.63, 3.8) is 0 Å². The van der Waals surface area contributed by atoms with Crippen LogP contribution in [0.3, 0.4) is 0 Å². The maximum Gasteiger partial charge on any atom is 0.294 e. The first-order valence-electron chi connectivity index (χ1n) is 12.4. The van der Waals surface area contributed by atoms with Gasteiger partial charge < -0.3 is 0 Å². The number of hydrogen-bond acceptors (Lipinski definition) is 2. The van der Waals surface area contributed by atoms with Crippen LogP contribution in [-0.2, 0) is 10.1 Å². The van der Waals surface area contributed by atoms with Gasteiger partial charge >= 0.3 is 0 Å². The molecular formula is C26H46O3S. The number of unbranched alkanes of at least 4 members (excludes halogenated alkanes) is 10. The van der Waals surface area contributed by atoms with E-state index in [0.717, 1.165) is 30.4 Å². The summed E-state index contributed by atoms with van der Waals surface area (Å²) in [7, 11) is -4.21. The van der Waals surface area contributed by atoms with E-state index < -0.39 is 10.1 Å². The highest BCUT2D eigenvalue weighted by atomic mass is 32.2. The highest BCUT2D eigenvalue weighted by Gasteiger charge is 2.21. The lowest BCUT2D eigenvalue weighted by Gasteiger charge is -2.19. The highest BCUT2D eigenvalue weighted by Crippen LogP contribution is 2.32. The molecule has 4 heteroatoms. The third kappa shape index (κ3) is 10.4. The molecule has 0 aromatic heterocycles. The van der Waals surface area contributed by atoms with E-state index in [-0.39, 0.29) is 10.8 Å². The predicted octanol–water partition coefficient (Wildman–Crippen LogP) is 8.64. The largest absolute Gasteiger partial charge is 0.294 e. The van der Waals surface area contributed by atoms with Gasteiger partial charge in [-0.15, -0.1) is 0 Å². The Balaban J connectivity index is 2.69. The second kappa shape index (κ2) is 15.0. The van der Waals surface area contributed by atoms with E-state index in [9.17, 15) is 13.0 Å². The van der Waals surface area contributed by atoms with Crippen molar-refractivity contribution in [2.24, 2.45) is 0 Å². The topological polar surface area (TPSA) is 54.4 Å². The van der Waals surface area contributed by atoms with Crippen LogP contribution in [0.1, 0.15) is 141 Å². The van der Waals surface area contributed by atoms with E-state index in [1.165, 1.54) is 70.6 Å². The second-order valence-electron chi connectivity index (χ2n) is 9.19. The molecule has 0 aliphatic carbocycles. The van der Waals surface area contributed by atoms with Crippen LogP contribution in [0, 0.1) is 0 Å². The summed E-state index contributed by atoms with van der Waals surface area (Å²) in [5.74, 6) is 0.440. The maximum atomic E-state index is 12.1. The van der Waals surface area contributed by atoms with Crippen molar-refractivity contribution in [1.82, 2.24) is 0 Å². The average Bonchev–Trinajstić information content (AvgIpc) is 2.71. The van der Waals surface area contributed by atoms with Gasteiger partial charge in [0.25, 0.3) is 10.1 Å². The standard InChI is InChI=1S/C26H46O3S/c1-5-7-9-11-13-15-17-22(3)24-19-20-25(26(21-24)30(27,28)29)23(4)18-16-14-12-10-8-6-2/h19-23H,5-18H2,1-4H3,(H,27,28,29). The van der Waals surface area contributed by atoms with Crippen LogP contribution < -0.4 is 0 Å². The van der Waals surface area contributed by atoms with Crippen molar-refractivity contribution in [2.75, 3.05) is 0 Å². The van der Waals surface area contributed by atoms with E-state index >= 15 is 0 Å². The Bertz CT molecular complexity index is 682. The van der Waals surface area contributed by atoms with E-state index in [2.05, 4.69) is 33.8 Å². The lowest BCUT2D eigenvalue weighted by atomic mass is 9.90. The van der Waals surface area contributed by atoms with Gasteiger partial charge in [-0.25, -0.2) is 0 Å². The Morgan fingerprint density at radius 3 is 1.70 bits per heavy atom. The van der Waals surface area contributed by atoms with Crippen molar-refractivity contribution in [3.05, 3.63) is 29.3 Å². The van der Waals surface area contributed by atoms with E-state index in [1.807, 2.05) is 6.07 Å². The van der Waals surface area contributed by atoms with Crippen LogP contribution in [0.4, 0.5) is 0 Å². The zero-order chi connectivity index (χ0) is 22.4. The van der Waals surface area contributed by atoms with Gasteiger partial charge in [-0.3, -0.25) is 4.55 Å². The normalized spacial score (nSPS) is 14.0. The molecule has 1 N–H and O–H groups in total. The molecule has 0 heterocycles. The molecule has 2 unspecified atom stereocenters. The SMILES string of the molecule is CCCCCCCCC(C)c1ccc(C(C)CCCCCCCC)c(S(=O)(=O)O)c1. The van der Waals surface area contributed by atoms with Gasteiger partial charge in [0.1, 0.15) is 0 Å². The second-order valence-corrected chi connectivity index (χ2v) is 10.6. The average molecular weight is 439 g/mol. The summed E-state index contributed by atoms with van der Waals surface area (Å²) < 4.78 is 34.1. The van der Waals surface area contributed by atoms with E-state index in [4.69, 9.17) is 0 Å². The summed E-state index contributed by atoms with van der Waals surface area (Å²) in [5, 5.41) is 0. The van der Waals surface area contributed by atoms with Gasteiger partial charge in [0.2, 0.25) is 0 Å². The molecule has 0 fully saturated rings. The van der Waals surface area contributed by atoms with Gasteiger partial charge in [-0.05, 0) is 41.9 Å². The van der Waals surface area contributed by atoms with E-state index in [0.29, 0.717) is 5.92 Å². The minimum absolute atomic E-state index is 0.119. The summed E-state index contributed by atoms with van der Waals surface area (Å²) in [4.78, 5) is 0.119. The highest BCUT2D eigenvalue weighted by molar-refractivity contribution is 7.85. The molecule has 0 amide bonds. The van der Waals surface area contributed by atoms with Gasteiger partial charge in [0, 0.05) is 0 Å². The first-order valence-corrected chi connectivity index (χ1v) is 13.9. The lowest BCUT2D eigenvalue weighted by molar-refractivity contribution is 0.479. The Kier molecular flexibility index (Phi) is 13.6. The van der Waals surface area contributed by atoms with Gasteiger partial charge in [0.15, 0.2) is 0 Å². The molecule has 1 rings (SSSR count). The van der Waals surface area contributed by atoms with Crippen molar-refractivity contribution in [2.45, 2.75) is 134 Å². The van der Waals surface area contributed by atoms with Gasteiger partial charge in [-0.2, -0.15) is 8.42 Å². The minimum atomic E-state index is -4.21. The molecule has 0 aliphatic rings. The molecule has 2 atom stereocenters. The van der Waals surface area contributed by atoms with Crippen molar-refractivity contribution >= 4 is 10.1 Å². The fourth-order valence-electron chi connectivity index (χ4n) is 4.27. The molecule has 1 aromatic carbocycles. The molecule has 0 bridgehead atoms. The van der Waals surface area contributed by atoms with Crippen LogP contribution in [-0.4, -0.2) is 13.0 Å². The molecule has 0 spiro atoms. The fourth-order valence-corrected chi connectivity index (χ4v) is 5.12. The minimum Gasteiger partial charge on any atom is -0.282 e. The van der Waals surface area contributed by atoms with Gasteiger partial charge in [-0.1, -0.05) is 117 Å². The molecule has 0 radical (unpaired) electrons. The fraction of sp³-hybridized carbons (Fsp3) is 0.769. The molecule has 0 saturated carbocycles. The first kappa shape index (κ1) is 27.2. The summed E-state index contributed by atoms with van der Waals surface area (Å²) in [5.41, 5.74) is 1.79. The molecule has 1 aromatic rings. The van der Waals surface area contributed by atoms with Crippen molar-refractivity contribution in [1.29, 1.82) is 0 Å². The van der Waals surface area contributed by atoms with Crippen LogP contribution in [0.5, 0.6) is 0 Å². The number of benzene rings is 1. The smallest absolute Gasteiger partial charge is 0.282 e. The third-order valence-corrected chi connectivity index (χ3v) is 7.31. The Morgan fingerprint density at radius 1 is 0.733 bits per heavy atom. The van der Waals surface area contributed by atoms with Crippen molar-refractivity contribution < 1.29 is 13.0 Å². The quantitative estimate of drug-likeness (QED) is 0.195. The molecule has 30 heavy (non-hydrogen) atoms. The Hall–Kier alpha value is -0.870. The molecule has 3 nitrogen and oxygen atoms in total. The summed E-state index contributed by atoms with van der Waals surface area (Å²) in [6, 6.07) is 5.74. The Morgan fingerprint density at radius 2 is 1.20 bits per heavy atom. The maximum absolute atomic E-state index is 12.1. The first-order chi connectivity index (χ1) is 14.3. The molecular weight excluding hydrogens is 392 g/mol. The van der Waals surface area contributed by atoms with E-state index in [1.54, 1.807) is 6.07 Å². The van der Waals surface area contributed by atoms with Crippen LogP contribution >= 0.6 is 0 Å². The molecule has 174 valence electrons. The molecule has 0 aliphatic heterocycles. The zero-order valence-corrected chi connectivity index (χ0v) is 20.8. The zero-order valence-electron chi connectivity index (χ0n) is 20.0. The van der Waals surface area contributed by atoms with Crippen molar-refractivity contribution in [3.8, 4) is 0 Å². The number of rotatable bonds is 17. The summed E-state index contributed by atoms with van der Waals surface area (Å²) in [6.07, 6.45) is 17.0. The summed E-state index contributed by atoms with van der Waals surface area (Å²) >= 11 is 0. The molecule has 0 saturated heterocycles. The Labute approximate surface area is 186 Å². The third-order valence-electron chi connectivity index (χ3n) is 6.40. The monoisotopic (exact) mass is 438 g/mol. The number of hydrogen-bond donors (Lipinski definition) is 1. The van der Waals surface area contributed by atoms with Gasteiger partial charge in [0.05, 0.1) is 4.90 Å².